The zero-order valence-corrected chi connectivity index (χ0v) is 15.8. The van der Waals surface area contributed by atoms with Gasteiger partial charge in [-0.3, -0.25) is 9.80 Å². The van der Waals surface area contributed by atoms with Gasteiger partial charge in [0.25, 0.3) is 0 Å². The van der Waals surface area contributed by atoms with E-state index in [-0.39, 0.29) is 17.0 Å². The van der Waals surface area contributed by atoms with Crippen molar-refractivity contribution in [2.24, 2.45) is 0 Å². The molecule has 2 saturated heterocycles. The molecule has 142 valence electrons. The number of fused-ring (bicyclic) bond motifs is 3. The maximum atomic E-state index is 14.6. The van der Waals surface area contributed by atoms with Gasteiger partial charge in [-0.2, -0.15) is 0 Å². The summed E-state index contributed by atoms with van der Waals surface area (Å²) in [7, 11) is 3.48. The molecule has 5 nitrogen and oxygen atoms in total. The Morgan fingerprint density at radius 2 is 2.27 bits per heavy atom. The summed E-state index contributed by atoms with van der Waals surface area (Å²) in [6.07, 6.45) is 2.71. The van der Waals surface area contributed by atoms with Gasteiger partial charge >= 0.3 is 5.97 Å². The Hall–Kier alpha value is -1.50. The van der Waals surface area contributed by atoms with Crippen molar-refractivity contribution in [3.63, 3.8) is 0 Å². The lowest BCUT2D eigenvalue weighted by molar-refractivity contribution is -0.0661. The number of esters is 1. The Kier molecular flexibility index (Phi) is 4.53. The van der Waals surface area contributed by atoms with Gasteiger partial charge in [-0.1, -0.05) is 6.92 Å². The van der Waals surface area contributed by atoms with Crippen LogP contribution in [0.4, 0.5) is 4.39 Å². The molecule has 3 atom stereocenters. The number of benzene rings is 1. The average molecular weight is 362 g/mol. The third-order valence-electron chi connectivity index (χ3n) is 6.35. The number of methoxy groups -OCH3 is 1. The summed E-state index contributed by atoms with van der Waals surface area (Å²) in [5.74, 6) is -0.786. The molecule has 26 heavy (non-hydrogen) atoms. The first kappa shape index (κ1) is 17.9. The van der Waals surface area contributed by atoms with Gasteiger partial charge < -0.3 is 9.47 Å². The second-order valence-corrected chi connectivity index (χ2v) is 8.03. The number of ether oxygens (including phenoxy) is 2. The number of likely N-dealkylation sites (tertiary alicyclic amines) is 1. The molecule has 0 saturated carbocycles. The van der Waals surface area contributed by atoms with Gasteiger partial charge in [0.15, 0.2) is 0 Å². The van der Waals surface area contributed by atoms with Crippen molar-refractivity contribution in [3.8, 4) is 0 Å². The summed E-state index contributed by atoms with van der Waals surface area (Å²) in [6, 6.07) is 3.92. The number of halogens is 1. The van der Waals surface area contributed by atoms with Crippen LogP contribution in [0.2, 0.25) is 0 Å². The highest BCUT2D eigenvalue weighted by atomic mass is 19.1. The first-order valence-corrected chi connectivity index (χ1v) is 9.42. The minimum atomic E-state index is -0.492. The number of hydrogen-bond donors (Lipinski definition) is 0. The Morgan fingerprint density at radius 1 is 1.46 bits per heavy atom. The third kappa shape index (κ3) is 2.94. The van der Waals surface area contributed by atoms with Gasteiger partial charge in [0.1, 0.15) is 5.82 Å². The van der Waals surface area contributed by atoms with Gasteiger partial charge in [-0.05, 0) is 49.6 Å². The molecule has 2 fully saturated rings. The fraction of sp³-hybridized carbons (Fsp3) is 0.650. The number of morpholine rings is 1. The Morgan fingerprint density at radius 3 is 2.88 bits per heavy atom. The molecule has 2 bridgehead atoms. The van der Waals surface area contributed by atoms with Crippen molar-refractivity contribution in [1.82, 2.24) is 9.80 Å². The van der Waals surface area contributed by atoms with Crippen LogP contribution in [0, 0.1) is 5.82 Å². The highest BCUT2D eigenvalue weighted by molar-refractivity contribution is 5.89. The van der Waals surface area contributed by atoms with Gasteiger partial charge in [0, 0.05) is 31.7 Å². The lowest BCUT2D eigenvalue weighted by Crippen LogP contribution is -2.52. The second-order valence-electron chi connectivity index (χ2n) is 8.03. The molecule has 0 radical (unpaired) electrons. The molecule has 0 unspecified atom stereocenters. The Balaban J connectivity index is 1.60. The molecule has 6 heteroatoms. The first-order chi connectivity index (χ1) is 12.4. The highest BCUT2D eigenvalue weighted by Gasteiger charge is 2.51. The van der Waals surface area contributed by atoms with Crippen LogP contribution >= 0.6 is 0 Å². The topological polar surface area (TPSA) is 42.0 Å². The zero-order chi connectivity index (χ0) is 18.5. The molecular weight excluding hydrogens is 335 g/mol. The molecule has 0 amide bonds. The third-order valence-corrected chi connectivity index (χ3v) is 6.35. The van der Waals surface area contributed by atoms with Gasteiger partial charge in [0.2, 0.25) is 0 Å². The molecule has 3 heterocycles. The molecule has 0 N–H and O–H groups in total. The maximum Gasteiger partial charge on any atom is 0.337 e. The summed E-state index contributed by atoms with van der Waals surface area (Å²) in [6.45, 7) is 5.41. The van der Waals surface area contributed by atoms with E-state index in [0.29, 0.717) is 25.0 Å². The van der Waals surface area contributed by atoms with Crippen LogP contribution < -0.4 is 0 Å². The van der Waals surface area contributed by atoms with Crippen LogP contribution in [0.5, 0.6) is 0 Å². The molecule has 1 aromatic carbocycles. The van der Waals surface area contributed by atoms with E-state index >= 15 is 0 Å². The van der Waals surface area contributed by atoms with Crippen LogP contribution in [0.1, 0.15) is 41.3 Å². The fourth-order valence-electron chi connectivity index (χ4n) is 4.93. The first-order valence-electron chi connectivity index (χ1n) is 9.42. The zero-order valence-electron chi connectivity index (χ0n) is 15.8. The summed E-state index contributed by atoms with van der Waals surface area (Å²) in [4.78, 5) is 16.7. The van der Waals surface area contributed by atoms with Crippen LogP contribution in [0.15, 0.2) is 12.1 Å². The summed E-state index contributed by atoms with van der Waals surface area (Å²) >= 11 is 0. The number of hydrogen-bond acceptors (Lipinski definition) is 5. The van der Waals surface area contributed by atoms with Crippen molar-refractivity contribution >= 4 is 5.97 Å². The summed E-state index contributed by atoms with van der Waals surface area (Å²) < 4.78 is 25.5. The van der Waals surface area contributed by atoms with E-state index in [9.17, 15) is 9.18 Å². The van der Waals surface area contributed by atoms with Crippen molar-refractivity contribution in [2.75, 3.05) is 33.9 Å². The van der Waals surface area contributed by atoms with Crippen molar-refractivity contribution in [2.45, 2.75) is 50.4 Å². The minimum absolute atomic E-state index is 0.108. The minimum Gasteiger partial charge on any atom is -0.465 e. The molecule has 4 rings (SSSR count). The molecule has 0 aromatic heterocycles. The van der Waals surface area contributed by atoms with Crippen LogP contribution in [0.3, 0.4) is 0 Å². The number of rotatable bonds is 4. The van der Waals surface area contributed by atoms with Crippen molar-refractivity contribution in [1.29, 1.82) is 0 Å². The van der Waals surface area contributed by atoms with E-state index < -0.39 is 5.97 Å². The van der Waals surface area contributed by atoms with Gasteiger partial charge in [0.05, 0.1) is 24.9 Å². The predicted molar refractivity (Wildman–Crippen MR) is 95.7 cm³/mol. The SMILES string of the molecule is CC[C@@H]1Cc2c(F)cc(C(=O)OC)cc2CN1C[C@]12C[C@H](CO1)N(C)C2. The van der Waals surface area contributed by atoms with E-state index in [4.69, 9.17) is 9.47 Å². The fourth-order valence-corrected chi connectivity index (χ4v) is 4.93. The van der Waals surface area contributed by atoms with Crippen LogP contribution in [-0.4, -0.2) is 67.3 Å². The van der Waals surface area contributed by atoms with E-state index in [1.807, 2.05) is 0 Å². The monoisotopic (exact) mass is 362 g/mol. The number of likely N-dealkylation sites (N-methyl/N-ethyl adjacent to an activating group) is 1. The Bertz CT molecular complexity index is 721. The Labute approximate surface area is 154 Å². The largest absolute Gasteiger partial charge is 0.465 e. The number of nitrogens with zero attached hydrogens (tertiary/aromatic N) is 2. The van der Waals surface area contributed by atoms with E-state index in [1.165, 1.54) is 13.2 Å². The van der Waals surface area contributed by atoms with Gasteiger partial charge in [-0.15, -0.1) is 0 Å². The number of carbonyl (C=O) groups is 1. The standard InChI is InChI=1S/C20H27FN2O3/c1-4-15-7-17-14(5-13(6-18(17)21)19(24)25-3)9-23(15)12-20-8-16(10-26-20)22(2)11-20/h5-6,15-16H,4,7-12H2,1-3H3/t15-,16-,20-/m1/s1. The quantitative estimate of drug-likeness (QED) is 0.769. The second kappa shape index (κ2) is 6.59. The molecule has 3 aliphatic heterocycles. The molecule has 0 spiro atoms. The normalized spacial score (nSPS) is 31.2. The summed E-state index contributed by atoms with van der Waals surface area (Å²) in [5, 5.41) is 0. The smallest absolute Gasteiger partial charge is 0.337 e. The molecule has 0 aliphatic carbocycles. The van der Waals surface area contributed by atoms with Crippen LogP contribution in [-0.2, 0) is 22.4 Å². The molecular formula is C20H27FN2O3. The average Bonchev–Trinajstić information content (AvgIpc) is 3.17. The predicted octanol–water partition coefficient (Wildman–Crippen LogP) is 2.22. The van der Waals surface area contributed by atoms with Crippen molar-refractivity contribution < 1.29 is 18.7 Å². The lowest BCUT2D eigenvalue weighted by atomic mass is 9.89. The van der Waals surface area contributed by atoms with Crippen LogP contribution in [0.25, 0.3) is 0 Å². The van der Waals surface area contributed by atoms with Crippen molar-refractivity contribution in [3.05, 3.63) is 34.6 Å². The van der Waals surface area contributed by atoms with E-state index in [2.05, 4.69) is 23.8 Å². The van der Waals surface area contributed by atoms with E-state index in [1.54, 1.807) is 6.07 Å². The highest BCUT2D eigenvalue weighted by Crippen LogP contribution is 2.39. The van der Waals surface area contributed by atoms with Gasteiger partial charge in [-0.25, -0.2) is 9.18 Å². The van der Waals surface area contributed by atoms with E-state index in [0.717, 1.165) is 43.7 Å². The number of carbonyl (C=O) groups excluding carboxylic acids is 1. The maximum absolute atomic E-state index is 14.6. The lowest BCUT2D eigenvalue weighted by Gasteiger charge is -2.42. The summed E-state index contributed by atoms with van der Waals surface area (Å²) in [5.41, 5.74) is 1.82. The molecule has 3 aliphatic rings. The molecule has 1 aromatic rings.